The van der Waals surface area contributed by atoms with Crippen LogP contribution >= 0.6 is 11.8 Å². The van der Waals surface area contributed by atoms with Crippen LogP contribution in [0.4, 0.5) is 0 Å². The Labute approximate surface area is 120 Å². The van der Waals surface area contributed by atoms with Crippen LogP contribution in [0.3, 0.4) is 0 Å². The predicted octanol–water partition coefficient (Wildman–Crippen LogP) is 3.08. The van der Waals surface area contributed by atoms with Crippen LogP contribution in [0.2, 0.25) is 0 Å². The van der Waals surface area contributed by atoms with Crippen LogP contribution in [-0.2, 0) is 0 Å². The fourth-order valence-corrected chi connectivity index (χ4v) is 4.27. The second-order valence-corrected chi connectivity index (χ2v) is 7.52. The van der Waals surface area contributed by atoms with Crippen molar-refractivity contribution in [3.63, 3.8) is 0 Å². The molecule has 108 valence electrons. The number of nitrogens with two attached hydrogens (primary N) is 1. The lowest BCUT2D eigenvalue weighted by atomic mass is 9.67. The summed E-state index contributed by atoms with van der Waals surface area (Å²) < 4.78 is 0. The van der Waals surface area contributed by atoms with E-state index in [1.807, 2.05) is 11.8 Å². The highest BCUT2D eigenvalue weighted by atomic mass is 32.2. The molecule has 1 aromatic rings. The molecule has 3 N–H and O–H groups in total. The number of thioether (sulfide) groups is 1. The van der Waals surface area contributed by atoms with E-state index in [0.29, 0.717) is 16.6 Å². The topological polar surface area (TPSA) is 67.6 Å². The number of nitrogens with one attached hydrogen (secondary N) is 1. The number of aromatic nitrogens is 3. The Morgan fingerprint density at radius 3 is 2.84 bits per heavy atom. The van der Waals surface area contributed by atoms with Gasteiger partial charge in [-0.1, -0.05) is 39.0 Å². The first-order valence-corrected chi connectivity index (χ1v) is 8.17. The zero-order valence-corrected chi connectivity index (χ0v) is 13.0. The fourth-order valence-electron chi connectivity index (χ4n) is 3.00. The van der Waals surface area contributed by atoms with Gasteiger partial charge in [-0.15, -0.1) is 0 Å². The molecular weight excluding hydrogens is 256 g/mol. The summed E-state index contributed by atoms with van der Waals surface area (Å²) in [6, 6.07) is 0. The van der Waals surface area contributed by atoms with Gasteiger partial charge in [0.2, 0.25) is 0 Å². The molecule has 2 rings (SSSR count). The average Bonchev–Trinajstić information content (AvgIpc) is 2.91. The van der Waals surface area contributed by atoms with Crippen LogP contribution in [0.1, 0.15) is 46.5 Å². The monoisotopic (exact) mass is 282 g/mol. The minimum atomic E-state index is 0.430. The summed E-state index contributed by atoms with van der Waals surface area (Å²) in [5.74, 6) is 1.40. The summed E-state index contributed by atoms with van der Waals surface area (Å²) in [4.78, 5) is 4.24. The molecule has 4 nitrogen and oxygen atoms in total. The maximum atomic E-state index is 5.95. The molecule has 0 spiro atoms. The minimum absolute atomic E-state index is 0.430. The maximum Gasteiger partial charge on any atom is 0.183 e. The van der Waals surface area contributed by atoms with Gasteiger partial charge in [-0.05, 0) is 43.1 Å². The summed E-state index contributed by atoms with van der Waals surface area (Å²) >= 11 is 1.83. The Balaban J connectivity index is 2.04. The van der Waals surface area contributed by atoms with Gasteiger partial charge in [-0.2, -0.15) is 5.10 Å². The number of nitrogens with zero attached hydrogens (tertiary/aromatic N) is 2. The molecule has 0 bridgehead atoms. The third-order valence-corrected chi connectivity index (χ3v) is 6.20. The van der Waals surface area contributed by atoms with Crippen LogP contribution in [-0.4, -0.2) is 27.0 Å². The molecule has 1 saturated carbocycles. The number of hydrogen-bond donors (Lipinski definition) is 2. The summed E-state index contributed by atoms with van der Waals surface area (Å²) in [5.41, 5.74) is 6.38. The Morgan fingerprint density at radius 1 is 1.47 bits per heavy atom. The lowest BCUT2D eigenvalue weighted by Gasteiger charge is -2.42. The van der Waals surface area contributed by atoms with E-state index in [-0.39, 0.29) is 0 Å². The van der Waals surface area contributed by atoms with E-state index < -0.39 is 0 Å². The molecule has 3 atom stereocenters. The van der Waals surface area contributed by atoms with Crippen LogP contribution in [0, 0.1) is 17.3 Å². The zero-order chi connectivity index (χ0) is 13.9. The third-order valence-electron chi connectivity index (χ3n) is 4.90. The van der Waals surface area contributed by atoms with E-state index in [1.165, 1.54) is 25.7 Å². The van der Waals surface area contributed by atoms with E-state index >= 15 is 0 Å². The molecule has 1 aromatic heterocycles. The first kappa shape index (κ1) is 14.9. The molecule has 0 amide bonds. The maximum absolute atomic E-state index is 5.95. The summed E-state index contributed by atoms with van der Waals surface area (Å²) in [6.45, 7) is 7.88. The molecule has 0 aliphatic heterocycles. The van der Waals surface area contributed by atoms with Crippen molar-refractivity contribution in [3.8, 4) is 0 Å². The number of H-pyrrole nitrogens is 1. The summed E-state index contributed by atoms with van der Waals surface area (Å²) in [7, 11) is 0. The van der Waals surface area contributed by atoms with E-state index in [2.05, 4.69) is 36.0 Å². The van der Waals surface area contributed by atoms with Crippen LogP contribution in [0.5, 0.6) is 0 Å². The van der Waals surface area contributed by atoms with Gasteiger partial charge in [0.25, 0.3) is 0 Å². The predicted molar refractivity (Wildman–Crippen MR) is 80.0 cm³/mol. The molecule has 1 aliphatic rings. The fraction of sp³-hybridized carbons (Fsp3) is 0.857. The number of rotatable bonds is 5. The third kappa shape index (κ3) is 3.51. The standard InChI is InChI=1S/C14H26N4S/c1-4-14(2,3)11-6-5-10(8-15)12(7-11)19-13-16-9-17-18-13/h9-12H,4-8,15H2,1-3H3,(H,16,17,18). The first-order valence-electron chi connectivity index (χ1n) is 7.29. The Hall–Kier alpha value is -0.550. The van der Waals surface area contributed by atoms with Crippen molar-refractivity contribution < 1.29 is 0 Å². The Morgan fingerprint density at radius 2 is 2.26 bits per heavy atom. The normalized spacial score (nSPS) is 28.5. The average molecular weight is 282 g/mol. The van der Waals surface area contributed by atoms with Crippen molar-refractivity contribution in [3.05, 3.63) is 6.33 Å². The van der Waals surface area contributed by atoms with E-state index in [4.69, 9.17) is 5.73 Å². The lowest BCUT2D eigenvalue weighted by molar-refractivity contribution is 0.134. The highest BCUT2D eigenvalue weighted by Gasteiger charge is 2.37. The Bertz CT molecular complexity index is 377. The first-order chi connectivity index (χ1) is 9.06. The molecule has 1 aliphatic carbocycles. The van der Waals surface area contributed by atoms with Gasteiger partial charge >= 0.3 is 0 Å². The van der Waals surface area contributed by atoms with Crippen LogP contribution < -0.4 is 5.73 Å². The minimum Gasteiger partial charge on any atom is -0.330 e. The molecule has 1 heterocycles. The van der Waals surface area contributed by atoms with Crippen molar-refractivity contribution in [2.75, 3.05) is 6.54 Å². The number of aromatic amines is 1. The smallest absolute Gasteiger partial charge is 0.183 e. The molecule has 0 radical (unpaired) electrons. The summed E-state index contributed by atoms with van der Waals surface area (Å²) in [6.07, 6.45) is 6.63. The number of hydrogen-bond acceptors (Lipinski definition) is 4. The SMILES string of the molecule is CCC(C)(C)C1CCC(CN)C(Sc2ncn[nH]2)C1. The van der Waals surface area contributed by atoms with Crippen molar-refractivity contribution in [1.29, 1.82) is 0 Å². The van der Waals surface area contributed by atoms with E-state index in [1.54, 1.807) is 6.33 Å². The Kier molecular flexibility index (Phi) is 4.90. The zero-order valence-electron chi connectivity index (χ0n) is 12.2. The molecule has 3 unspecified atom stereocenters. The second kappa shape index (κ2) is 6.27. The van der Waals surface area contributed by atoms with Gasteiger partial charge in [0.15, 0.2) is 5.16 Å². The van der Waals surface area contributed by atoms with Crippen LogP contribution in [0.15, 0.2) is 11.5 Å². The van der Waals surface area contributed by atoms with E-state index in [9.17, 15) is 0 Å². The van der Waals surface area contributed by atoms with Crippen molar-refractivity contribution >= 4 is 11.8 Å². The van der Waals surface area contributed by atoms with Gasteiger partial charge < -0.3 is 5.73 Å². The van der Waals surface area contributed by atoms with Gasteiger partial charge in [0.05, 0.1) is 0 Å². The molecule has 19 heavy (non-hydrogen) atoms. The molecule has 0 saturated heterocycles. The van der Waals surface area contributed by atoms with Gasteiger partial charge in [0, 0.05) is 5.25 Å². The molecule has 1 fully saturated rings. The van der Waals surface area contributed by atoms with Crippen molar-refractivity contribution in [2.45, 2.75) is 56.9 Å². The largest absolute Gasteiger partial charge is 0.330 e. The molecule has 5 heteroatoms. The summed E-state index contributed by atoms with van der Waals surface area (Å²) in [5, 5.41) is 8.39. The van der Waals surface area contributed by atoms with E-state index in [0.717, 1.165) is 17.6 Å². The van der Waals surface area contributed by atoms with Gasteiger partial charge in [0.1, 0.15) is 6.33 Å². The van der Waals surface area contributed by atoms with Crippen LogP contribution in [0.25, 0.3) is 0 Å². The highest BCUT2D eigenvalue weighted by Crippen LogP contribution is 2.46. The highest BCUT2D eigenvalue weighted by molar-refractivity contribution is 7.99. The quantitative estimate of drug-likeness (QED) is 0.871. The van der Waals surface area contributed by atoms with Crippen molar-refractivity contribution in [2.24, 2.45) is 23.0 Å². The lowest BCUT2D eigenvalue weighted by Crippen LogP contribution is -2.37. The second-order valence-electron chi connectivity index (χ2n) is 6.29. The molecule has 0 aromatic carbocycles. The van der Waals surface area contributed by atoms with Gasteiger partial charge in [-0.25, -0.2) is 4.98 Å². The van der Waals surface area contributed by atoms with Gasteiger partial charge in [-0.3, -0.25) is 5.10 Å². The molecular formula is C14H26N4S. The van der Waals surface area contributed by atoms with Crippen molar-refractivity contribution in [1.82, 2.24) is 15.2 Å².